The Bertz CT molecular complexity index is 1320. The molecule has 2 saturated heterocycles. The third-order valence-electron chi connectivity index (χ3n) is 7.26. The van der Waals surface area contributed by atoms with Crippen LogP contribution in [0.5, 0.6) is 0 Å². The molecule has 10 nitrogen and oxygen atoms in total. The van der Waals surface area contributed by atoms with E-state index in [2.05, 4.69) is 32.6 Å². The van der Waals surface area contributed by atoms with Crippen LogP contribution in [0.15, 0.2) is 24.3 Å². The van der Waals surface area contributed by atoms with Crippen molar-refractivity contribution in [3.63, 3.8) is 0 Å². The maximum atomic E-state index is 15.1. The fourth-order valence-electron chi connectivity index (χ4n) is 5.09. The summed E-state index contributed by atoms with van der Waals surface area (Å²) in [5, 5.41) is 9.88. The number of aryl methyl sites for hydroxylation is 1. The van der Waals surface area contributed by atoms with Gasteiger partial charge in [0.15, 0.2) is 5.82 Å². The fraction of sp³-hybridized carbons (Fsp3) is 0.519. The minimum atomic E-state index is -0.578. The van der Waals surface area contributed by atoms with E-state index >= 15 is 4.39 Å². The van der Waals surface area contributed by atoms with E-state index in [1.54, 1.807) is 16.6 Å². The zero-order valence-electron chi connectivity index (χ0n) is 21.9. The van der Waals surface area contributed by atoms with Gasteiger partial charge in [0, 0.05) is 37.1 Å². The van der Waals surface area contributed by atoms with E-state index in [-0.39, 0.29) is 35.2 Å². The molecule has 0 bridgehead atoms. The van der Waals surface area contributed by atoms with Gasteiger partial charge < -0.3 is 20.3 Å². The van der Waals surface area contributed by atoms with Crippen molar-refractivity contribution in [1.82, 2.24) is 29.8 Å². The molecule has 0 radical (unpaired) electrons. The molecular weight excluding hydrogens is 489 g/mol. The molecule has 5 rings (SSSR count). The first kappa shape index (κ1) is 26.0. The van der Waals surface area contributed by atoms with Crippen molar-refractivity contribution in [3.05, 3.63) is 41.5 Å². The summed E-state index contributed by atoms with van der Waals surface area (Å²) in [7, 11) is 0. The summed E-state index contributed by atoms with van der Waals surface area (Å²) < 4.78 is 22.2. The molecule has 3 aromatic rings. The molecule has 2 aliphatic rings. The number of benzene rings is 1. The van der Waals surface area contributed by atoms with E-state index in [1.807, 2.05) is 11.8 Å². The van der Waals surface area contributed by atoms with Crippen LogP contribution in [0.1, 0.15) is 68.6 Å². The second-order valence-electron chi connectivity index (χ2n) is 10.00. The first-order valence-electron chi connectivity index (χ1n) is 13.5. The zero-order chi connectivity index (χ0) is 26.6. The molecule has 0 aliphatic carbocycles. The average Bonchev–Trinajstić information content (AvgIpc) is 3.53. The smallest absolute Gasteiger partial charge is 0.319 e. The SMILES string of the molecule is CCc1cc(C(=O)N2CCCCCC2C)nc2nc(-c3ccc(NC(=O)NCC4CCCO4)cc3F)nn12. The highest BCUT2D eigenvalue weighted by atomic mass is 19.1. The van der Waals surface area contributed by atoms with Crippen molar-refractivity contribution in [3.8, 4) is 11.4 Å². The van der Waals surface area contributed by atoms with Crippen molar-refractivity contribution in [2.75, 3.05) is 25.0 Å². The standard InChI is InChI=1S/C27H34FN7O3/c1-3-19-15-23(25(36)34-12-6-4-5-8-17(34)2)31-26-32-24(33-35(19)26)21-11-10-18(14-22(21)28)30-27(37)29-16-20-9-7-13-38-20/h10-11,14-15,17,20H,3-9,12-13,16H2,1-2H3,(H2,29,30,37). The summed E-state index contributed by atoms with van der Waals surface area (Å²) >= 11 is 0. The highest BCUT2D eigenvalue weighted by molar-refractivity contribution is 5.93. The number of anilines is 1. The van der Waals surface area contributed by atoms with Gasteiger partial charge in [-0.2, -0.15) is 4.98 Å². The van der Waals surface area contributed by atoms with E-state index in [0.29, 0.717) is 37.5 Å². The van der Waals surface area contributed by atoms with Gasteiger partial charge in [0.2, 0.25) is 0 Å². The van der Waals surface area contributed by atoms with Gasteiger partial charge in [-0.05, 0) is 63.3 Å². The lowest BCUT2D eigenvalue weighted by Gasteiger charge is -2.26. The molecule has 1 aromatic carbocycles. The van der Waals surface area contributed by atoms with Crippen LogP contribution < -0.4 is 10.6 Å². The largest absolute Gasteiger partial charge is 0.376 e. The second-order valence-corrected chi connectivity index (χ2v) is 10.00. The van der Waals surface area contributed by atoms with Gasteiger partial charge in [-0.15, -0.1) is 5.10 Å². The second kappa shape index (κ2) is 11.4. The van der Waals surface area contributed by atoms with Gasteiger partial charge in [-0.1, -0.05) is 19.8 Å². The number of nitrogens with zero attached hydrogens (tertiary/aromatic N) is 5. The van der Waals surface area contributed by atoms with Crippen LogP contribution in [-0.4, -0.2) is 68.3 Å². The molecule has 0 spiro atoms. The Morgan fingerprint density at radius 1 is 1.13 bits per heavy atom. The topological polar surface area (TPSA) is 114 Å². The summed E-state index contributed by atoms with van der Waals surface area (Å²) in [6, 6.07) is 5.84. The predicted octanol–water partition coefficient (Wildman–Crippen LogP) is 4.20. The maximum absolute atomic E-state index is 15.1. The van der Waals surface area contributed by atoms with Crippen LogP contribution in [0.3, 0.4) is 0 Å². The van der Waals surface area contributed by atoms with Gasteiger partial charge in [0.1, 0.15) is 11.5 Å². The normalized spacial score (nSPS) is 19.9. The molecular formula is C27H34FN7O3. The number of hydrogen-bond donors (Lipinski definition) is 2. The third kappa shape index (κ3) is 5.62. The van der Waals surface area contributed by atoms with Crippen molar-refractivity contribution < 1.29 is 18.7 Å². The Morgan fingerprint density at radius 3 is 2.76 bits per heavy atom. The van der Waals surface area contributed by atoms with E-state index in [0.717, 1.165) is 44.2 Å². The highest BCUT2D eigenvalue weighted by Gasteiger charge is 2.26. The Labute approximate surface area is 221 Å². The summed E-state index contributed by atoms with van der Waals surface area (Å²) in [6.45, 7) is 5.87. The summed E-state index contributed by atoms with van der Waals surface area (Å²) in [6.07, 6.45) is 6.72. The molecule has 2 atom stereocenters. The summed E-state index contributed by atoms with van der Waals surface area (Å²) in [5.41, 5.74) is 1.58. The molecule has 11 heteroatoms. The minimum Gasteiger partial charge on any atom is -0.376 e. The van der Waals surface area contributed by atoms with Crippen molar-refractivity contribution in [1.29, 1.82) is 0 Å². The lowest BCUT2D eigenvalue weighted by Crippen LogP contribution is -2.38. The molecule has 2 fully saturated rings. The number of carbonyl (C=O) groups is 2. The van der Waals surface area contributed by atoms with Crippen molar-refractivity contribution in [2.45, 2.75) is 70.9 Å². The monoisotopic (exact) mass is 523 g/mol. The molecule has 2 aromatic heterocycles. The predicted molar refractivity (Wildman–Crippen MR) is 141 cm³/mol. The number of rotatable bonds is 6. The number of hydrogen-bond acceptors (Lipinski definition) is 6. The van der Waals surface area contributed by atoms with Gasteiger partial charge >= 0.3 is 6.03 Å². The fourth-order valence-corrected chi connectivity index (χ4v) is 5.09. The lowest BCUT2D eigenvalue weighted by molar-refractivity contribution is 0.0691. The third-order valence-corrected chi connectivity index (χ3v) is 7.26. The minimum absolute atomic E-state index is 0.0196. The summed E-state index contributed by atoms with van der Waals surface area (Å²) in [4.78, 5) is 36.4. The molecule has 2 aliphatic heterocycles. The van der Waals surface area contributed by atoms with Gasteiger partial charge in [0.25, 0.3) is 11.7 Å². The van der Waals surface area contributed by atoms with Gasteiger partial charge in [0.05, 0.1) is 11.7 Å². The van der Waals surface area contributed by atoms with E-state index < -0.39 is 11.8 Å². The van der Waals surface area contributed by atoms with Crippen molar-refractivity contribution in [2.24, 2.45) is 0 Å². The quantitative estimate of drug-likeness (QED) is 0.501. The lowest BCUT2D eigenvalue weighted by atomic mass is 10.1. The van der Waals surface area contributed by atoms with Crippen molar-refractivity contribution >= 4 is 23.4 Å². The highest BCUT2D eigenvalue weighted by Crippen LogP contribution is 2.25. The molecule has 4 heterocycles. The van der Waals surface area contributed by atoms with Gasteiger partial charge in [-0.3, -0.25) is 4.79 Å². The van der Waals surface area contributed by atoms with E-state index in [1.165, 1.54) is 12.1 Å². The summed E-state index contributed by atoms with van der Waals surface area (Å²) in [5.74, 6) is -0.279. The number of urea groups is 1. The number of nitrogens with one attached hydrogen (secondary N) is 2. The number of carbonyl (C=O) groups excluding carboxylic acids is 2. The Hall–Kier alpha value is -3.60. The maximum Gasteiger partial charge on any atom is 0.319 e. The Kier molecular flexibility index (Phi) is 7.82. The number of likely N-dealkylation sites (tertiary alicyclic amines) is 1. The van der Waals surface area contributed by atoms with E-state index in [9.17, 15) is 9.59 Å². The molecule has 2 unspecified atom stereocenters. The molecule has 38 heavy (non-hydrogen) atoms. The number of amides is 3. The number of halogens is 1. The van der Waals surface area contributed by atoms with Gasteiger partial charge in [-0.25, -0.2) is 18.7 Å². The van der Waals surface area contributed by atoms with Crippen LogP contribution >= 0.6 is 0 Å². The first-order valence-corrected chi connectivity index (χ1v) is 13.5. The Balaban J connectivity index is 1.35. The zero-order valence-corrected chi connectivity index (χ0v) is 21.9. The van der Waals surface area contributed by atoms with Crippen LogP contribution in [0.4, 0.5) is 14.9 Å². The number of ether oxygens (including phenoxy) is 1. The molecule has 202 valence electrons. The van der Waals surface area contributed by atoms with E-state index in [4.69, 9.17) is 4.74 Å². The Morgan fingerprint density at radius 2 is 2.00 bits per heavy atom. The van der Waals surface area contributed by atoms with Crippen LogP contribution in [0.25, 0.3) is 17.2 Å². The molecule has 2 N–H and O–H groups in total. The molecule has 3 amide bonds. The number of fused-ring (bicyclic) bond motifs is 1. The van der Waals surface area contributed by atoms with Crippen LogP contribution in [0, 0.1) is 5.82 Å². The average molecular weight is 524 g/mol. The van der Waals surface area contributed by atoms with Crippen LogP contribution in [-0.2, 0) is 11.2 Å². The number of aromatic nitrogens is 4. The first-order chi connectivity index (χ1) is 18.4. The van der Waals surface area contributed by atoms with Crippen LogP contribution in [0.2, 0.25) is 0 Å². The molecule has 0 saturated carbocycles.